The van der Waals surface area contributed by atoms with Gasteiger partial charge in [-0.05, 0) is 61.0 Å². The minimum Gasteiger partial charge on any atom is -0.462 e. The van der Waals surface area contributed by atoms with Crippen LogP contribution in [0.2, 0.25) is 5.02 Å². The van der Waals surface area contributed by atoms with Gasteiger partial charge in [0, 0.05) is 21.2 Å². The van der Waals surface area contributed by atoms with E-state index in [2.05, 4.69) is 10.0 Å². The summed E-state index contributed by atoms with van der Waals surface area (Å²) >= 11 is 7.06. The van der Waals surface area contributed by atoms with Gasteiger partial charge in [0.05, 0.1) is 17.2 Å². The maximum Gasteiger partial charge on any atom is 0.350 e. The summed E-state index contributed by atoms with van der Waals surface area (Å²) < 4.78 is 33.0. The first-order valence-corrected chi connectivity index (χ1v) is 13.5. The molecule has 0 saturated heterocycles. The van der Waals surface area contributed by atoms with Crippen molar-refractivity contribution in [3.05, 3.63) is 100 Å². The molecule has 0 fully saturated rings. The average Bonchev–Trinajstić information content (AvgIpc) is 3.29. The van der Waals surface area contributed by atoms with Gasteiger partial charge < -0.3 is 10.1 Å². The molecule has 3 aromatic carbocycles. The van der Waals surface area contributed by atoms with E-state index in [-0.39, 0.29) is 27.6 Å². The van der Waals surface area contributed by atoms with Crippen LogP contribution in [0.3, 0.4) is 0 Å². The second-order valence-electron chi connectivity index (χ2n) is 7.53. The zero-order chi connectivity index (χ0) is 25.7. The first kappa shape index (κ1) is 25.4. The molecule has 1 aromatic heterocycles. The van der Waals surface area contributed by atoms with Gasteiger partial charge in [0.25, 0.3) is 15.9 Å². The second kappa shape index (κ2) is 10.9. The number of esters is 1. The number of hydrogen-bond acceptors (Lipinski definition) is 6. The number of hydrogen-bond donors (Lipinski definition) is 2. The first-order chi connectivity index (χ1) is 17.3. The van der Waals surface area contributed by atoms with Crippen LogP contribution in [0.4, 0.5) is 11.4 Å². The predicted octanol–water partition coefficient (Wildman–Crippen LogP) is 6.30. The van der Waals surface area contributed by atoms with Crippen molar-refractivity contribution in [1.82, 2.24) is 0 Å². The summed E-state index contributed by atoms with van der Waals surface area (Å²) in [6.45, 7) is 1.90. The summed E-state index contributed by atoms with van der Waals surface area (Å²) in [4.78, 5) is 26.7. The molecule has 0 saturated carbocycles. The third-order valence-corrected chi connectivity index (χ3v) is 7.81. The normalized spacial score (nSPS) is 11.1. The van der Waals surface area contributed by atoms with Crippen molar-refractivity contribution >= 4 is 56.2 Å². The third kappa shape index (κ3) is 5.93. The highest BCUT2D eigenvalue weighted by Gasteiger charge is 2.21. The fourth-order valence-electron chi connectivity index (χ4n) is 3.32. The van der Waals surface area contributed by atoms with Crippen LogP contribution in [0, 0.1) is 0 Å². The molecule has 0 unspecified atom stereocenters. The predicted molar refractivity (Wildman–Crippen MR) is 142 cm³/mol. The zero-order valence-corrected chi connectivity index (χ0v) is 21.4. The maximum atomic E-state index is 13.1. The molecule has 0 bridgehead atoms. The Morgan fingerprint density at radius 3 is 2.36 bits per heavy atom. The van der Waals surface area contributed by atoms with E-state index >= 15 is 0 Å². The molecular formula is C26H21ClN2O5S2. The van der Waals surface area contributed by atoms with Crippen LogP contribution in [0.1, 0.15) is 27.0 Å². The summed E-state index contributed by atoms with van der Waals surface area (Å²) in [5.41, 5.74) is 1.62. The van der Waals surface area contributed by atoms with E-state index in [4.69, 9.17) is 16.3 Å². The van der Waals surface area contributed by atoms with Crippen LogP contribution >= 0.6 is 22.9 Å². The van der Waals surface area contributed by atoms with Crippen LogP contribution in [0.15, 0.2) is 89.8 Å². The largest absolute Gasteiger partial charge is 0.462 e. The number of thiophene rings is 1. The lowest BCUT2D eigenvalue weighted by atomic mass is 10.1. The molecule has 7 nitrogen and oxygen atoms in total. The lowest BCUT2D eigenvalue weighted by molar-refractivity contribution is 0.0533. The fraction of sp³-hybridized carbons (Fsp3) is 0.0769. The van der Waals surface area contributed by atoms with Gasteiger partial charge in [-0.1, -0.05) is 48.0 Å². The zero-order valence-electron chi connectivity index (χ0n) is 19.0. The highest BCUT2D eigenvalue weighted by Crippen LogP contribution is 2.35. The van der Waals surface area contributed by atoms with Crippen LogP contribution in [-0.2, 0) is 14.8 Å². The smallest absolute Gasteiger partial charge is 0.350 e. The van der Waals surface area contributed by atoms with Gasteiger partial charge in [-0.2, -0.15) is 0 Å². The van der Waals surface area contributed by atoms with Crippen LogP contribution in [-0.4, -0.2) is 26.9 Å². The van der Waals surface area contributed by atoms with E-state index in [0.717, 1.165) is 10.4 Å². The Morgan fingerprint density at radius 1 is 0.944 bits per heavy atom. The van der Waals surface area contributed by atoms with Gasteiger partial charge in [-0.15, -0.1) is 11.3 Å². The second-order valence-corrected chi connectivity index (χ2v) is 10.7. The van der Waals surface area contributed by atoms with E-state index in [1.54, 1.807) is 25.1 Å². The van der Waals surface area contributed by atoms with Gasteiger partial charge in [-0.25, -0.2) is 13.2 Å². The SMILES string of the molecule is CCOC(=O)c1sc(-c2ccccc2)cc1NC(=O)c1cccc(NS(=O)(=O)c2ccc(Cl)cc2)c1. The van der Waals surface area contributed by atoms with Crippen molar-refractivity contribution in [2.24, 2.45) is 0 Å². The van der Waals surface area contributed by atoms with Crippen molar-refractivity contribution in [3.63, 3.8) is 0 Å². The molecular weight excluding hydrogens is 520 g/mol. The summed E-state index contributed by atoms with van der Waals surface area (Å²) in [5, 5.41) is 3.18. The van der Waals surface area contributed by atoms with E-state index < -0.39 is 21.9 Å². The Morgan fingerprint density at radius 2 is 1.67 bits per heavy atom. The lowest BCUT2D eigenvalue weighted by Gasteiger charge is -2.10. The summed E-state index contributed by atoms with van der Waals surface area (Å²) in [7, 11) is -3.88. The van der Waals surface area contributed by atoms with Crippen LogP contribution in [0.5, 0.6) is 0 Å². The van der Waals surface area contributed by atoms with E-state index in [0.29, 0.717) is 10.7 Å². The Hall–Kier alpha value is -3.66. The van der Waals surface area contributed by atoms with Gasteiger partial charge in [0.2, 0.25) is 0 Å². The number of nitrogens with one attached hydrogen (secondary N) is 2. The molecule has 0 atom stereocenters. The van der Waals surface area contributed by atoms with Crippen molar-refractivity contribution < 1.29 is 22.7 Å². The molecule has 4 aromatic rings. The fourth-order valence-corrected chi connectivity index (χ4v) is 5.51. The lowest BCUT2D eigenvalue weighted by Crippen LogP contribution is -2.16. The molecule has 1 amide bonds. The highest BCUT2D eigenvalue weighted by molar-refractivity contribution is 7.92. The minimum atomic E-state index is -3.88. The molecule has 1 heterocycles. The average molecular weight is 541 g/mol. The number of ether oxygens (including phenoxy) is 1. The Labute approximate surface area is 217 Å². The summed E-state index contributed by atoms with van der Waals surface area (Å²) in [6.07, 6.45) is 0. The summed E-state index contributed by atoms with van der Waals surface area (Å²) in [6, 6.07) is 23.0. The van der Waals surface area contributed by atoms with E-state index in [1.165, 1.54) is 47.7 Å². The van der Waals surface area contributed by atoms with Gasteiger partial charge >= 0.3 is 5.97 Å². The standard InChI is InChI=1S/C26H21ClN2O5S2/c1-2-34-26(31)24-22(16-23(35-24)17-7-4-3-5-8-17)28-25(30)18-9-6-10-20(15-18)29-36(32,33)21-13-11-19(27)12-14-21/h3-16,29H,2H2,1H3,(H,28,30). The number of halogens is 1. The quantitative estimate of drug-likeness (QED) is 0.255. The number of sulfonamides is 1. The van der Waals surface area contributed by atoms with Crippen molar-refractivity contribution in [1.29, 1.82) is 0 Å². The number of benzene rings is 3. The number of carbonyl (C=O) groups excluding carboxylic acids is 2. The highest BCUT2D eigenvalue weighted by atomic mass is 35.5. The molecule has 4 rings (SSSR count). The molecule has 36 heavy (non-hydrogen) atoms. The Balaban J connectivity index is 1.58. The van der Waals surface area contributed by atoms with Gasteiger partial charge in [-0.3, -0.25) is 9.52 Å². The molecule has 184 valence electrons. The van der Waals surface area contributed by atoms with Crippen molar-refractivity contribution in [3.8, 4) is 10.4 Å². The third-order valence-electron chi connectivity index (χ3n) is 5.00. The molecule has 2 N–H and O–H groups in total. The molecule has 10 heteroatoms. The number of carbonyl (C=O) groups is 2. The van der Waals surface area contributed by atoms with Gasteiger partial charge in [0.15, 0.2) is 0 Å². The minimum absolute atomic E-state index is 0.0348. The topological polar surface area (TPSA) is 102 Å². The van der Waals surface area contributed by atoms with Crippen molar-refractivity contribution in [2.45, 2.75) is 11.8 Å². The van der Waals surface area contributed by atoms with Crippen LogP contribution < -0.4 is 10.0 Å². The molecule has 0 aliphatic rings. The number of rotatable bonds is 8. The Kier molecular flexibility index (Phi) is 7.73. The monoisotopic (exact) mass is 540 g/mol. The van der Waals surface area contributed by atoms with Crippen LogP contribution in [0.25, 0.3) is 10.4 Å². The summed E-state index contributed by atoms with van der Waals surface area (Å²) in [5.74, 6) is -1.05. The maximum absolute atomic E-state index is 13.1. The number of anilines is 2. The molecule has 0 radical (unpaired) electrons. The van der Waals surface area contributed by atoms with Gasteiger partial charge in [0.1, 0.15) is 4.88 Å². The molecule has 0 spiro atoms. The van der Waals surface area contributed by atoms with Crippen molar-refractivity contribution in [2.75, 3.05) is 16.6 Å². The van der Waals surface area contributed by atoms with E-state index in [9.17, 15) is 18.0 Å². The molecule has 0 aliphatic heterocycles. The van der Waals surface area contributed by atoms with E-state index in [1.807, 2.05) is 30.3 Å². The Bertz CT molecular complexity index is 1500. The first-order valence-electron chi connectivity index (χ1n) is 10.8. The number of amides is 1. The molecule has 0 aliphatic carbocycles.